The summed E-state index contributed by atoms with van der Waals surface area (Å²) in [5.41, 5.74) is 0.650. The van der Waals surface area contributed by atoms with E-state index in [1.165, 1.54) is 21.6 Å². The van der Waals surface area contributed by atoms with Gasteiger partial charge in [-0.15, -0.1) is 0 Å². The van der Waals surface area contributed by atoms with Crippen LogP contribution in [0, 0.1) is 12.7 Å². The third kappa shape index (κ3) is 3.33. The second-order valence-corrected chi connectivity index (χ2v) is 7.94. The third-order valence-electron chi connectivity index (χ3n) is 5.54. The zero-order chi connectivity index (χ0) is 20.9. The maximum Gasteiger partial charge on any atom is 0.275 e. The van der Waals surface area contributed by atoms with Gasteiger partial charge < -0.3 is 13.9 Å². The molecule has 8 heteroatoms. The zero-order valence-corrected chi connectivity index (χ0v) is 16.8. The van der Waals surface area contributed by atoms with Crippen LogP contribution in [-0.4, -0.2) is 38.5 Å². The molecule has 0 saturated carbocycles. The van der Waals surface area contributed by atoms with Crippen molar-refractivity contribution in [3.63, 3.8) is 0 Å². The van der Waals surface area contributed by atoms with E-state index < -0.39 is 11.5 Å². The van der Waals surface area contributed by atoms with Gasteiger partial charge in [0.2, 0.25) is 5.91 Å². The average Bonchev–Trinajstić information content (AvgIpc) is 3.11. The van der Waals surface area contributed by atoms with Crippen molar-refractivity contribution in [3.05, 3.63) is 63.5 Å². The molecule has 3 heterocycles. The zero-order valence-electron chi connectivity index (χ0n) is 16.1. The highest BCUT2D eigenvalue weighted by atomic mass is 35.5. The first kappa shape index (κ1) is 19.6. The number of fused-ring (bicyclic) bond motifs is 1. The van der Waals surface area contributed by atoms with Crippen molar-refractivity contribution in [1.82, 2.24) is 13.9 Å². The van der Waals surface area contributed by atoms with Gasteiger partial charge in [0.15, 0.2) is 0 Å². The topological polar surface area (TPSA) is 46.7 Å². The molecule has 29 heavy (non-hydrogen) atoms. The van der Waals surface area contributed by atoms with Crippen LogP contribution in [0.3, 0.4) is 0 Å². The Bertz CT molecular complexity index is 1180. The SMILES string of the molecule is CCC1(F)CN(C(=O)Cn2cc(C)n3ccc(-c4ccc(F)c(Cl)c4)c3c2=O)C1. The molecule has 1 aromatic carbocycles. The molecular weight excluding hydrogens is 400 g/mol. The summed E-state index contributed by atoms with van der Waals surface area (Å²) in [5, 5.41) is -0.0339. The van der Waals surface area contributed by atoms with E-state index in [0.29, 0.717) is 23.1 Å². The van der Waals surface area contributed by atoms with E-state index in [4.69, 9.17) is 11.6 Å². The second kappa shape index (κ2) is 6.99. The molecule has 0 radical (unpaired) electrons. The van der Waals surface area contributed by atoms with Gasteiger partial charge in [0.25, 0.3) is 5.56 Å². The van der Waals surface area contributed by atoms with Gasteiger partial charge in [0, 0.05) is 23.7 Å². The van der Waals surface area contributed by atoms with Crippen LogP contribution >= 0.6 is 11.6 Å². The number of nitrogens with zero attached hydrogens (tertiary/aromatic N) is 3. The Kier molecular flexibility index (Phi) is 4.73. The summed E-state index contributed by atoms with van der Waals surface area (Å²) in [6.07, 6.45) is 3.71. The van der Waals surface area contributed by atoms with Crippen LogP contribution in [0.4, 0.5) is 8.78 Å². The van der Waals surface area contributed by atoms with E-state index in [0.717, 1.165) is 5.69 Å². The molecule has 1 saturated heterocycles. The molecule has 0 spiro atoms. The molecule has 1 amide bonds. The summed E-state index contributed by atoms with van der Waals surface area (Å²) in [6, 6.07) is 6.03. The van der Waals surface area contributed by atoms with Gasteiger partial charge >= 0.3 is 0 Å². The summed E-state index contributed by atoms with van der Waals surface area (Å²) in [5.74, 6) is -0.834. The lowest BCUT2D eigenvalue weighted by Crippen LogP contribution is -2.61. The molecule has 1 aliphatic rings. The van der Waals surface area contributed by atoms with Gasteiger partial charge in [-0.1, -0.05) is 24.6 Å². The molecular formula is C21H20ClF2N3O2. The van der Waals surface area contributed by atoms with Gasteiger partial charge in [-0.3, -0.25) is 9.59 Å². The lowest BCUT2D eigenvalue weighted by atomic mass is 9.93. The van der Waals surface area contributed by atoms with E-state index in [9.17, 15) is 18.4 Å². The van der Waals surface area contributed by atoms with Crippen molar-refractivity contribution < 1.29 is 13.6 Å². The summed E-state index contributed by atoms with van der Waals surface area (Å²) in [7, 11) is 0. The fourth-order valence-corrected chi connectivity index (χ4v) is 3.90. The lowest BCUT2D eigenvalue weighted by Gasteiger charge is -2.44. The van der Waals surface area contributed by atoms with Gasteiger partial charge in [0.05, 0.1) is 18.1 Å². The second-order valence-electron chi connectivity index (χ2n) is 7.53. The number of hydrogen-bond acceptors (Lipinski definition) is 2. The van der Waals surface area contributed by atoms with Crippen LogP contribution in [-0.2, 0) is 11.3 Å². The number of carbonyl (C=O) groups is 1. The van der Waals surface area contributed by atoms with Crippen molar-refractivity contribution >= 4 is 23.0 Å². The number of halogens is 3. The molecule has 2 aromatic heterocycles. The number of likely N-dealkylation sites (tertiary alicyclic amines) is 1. The monoisotopic (exact) mass is 419 g/mol. The molecule has 1 aliphatic heterocycles. The largest absolute Gasteiger partial charge is 0.335 e. The van der Waals surface area contributed by atoms with Crippen LogP contribution in [0.25, 0.3) is 16.6 Å². The van der Waals surface area contributed by atoms with Crippen molar-refractivity contribution in [2.75, 3.05) is 13.1 Å². The minimum atomic E-state index is -1.32. The molecule has 0 bridgehead atoms. The number of carbonyl (C=O) groups excluding carboxylic acids is 1. The van der Waals surface area contributed by atoms with Crippen molar-refractivity contribution in [2.24, 2.45) is 0 Å². The minimum Gasteiger partial charge on any atom is -0.335 e. The number of alkyl halides is 1. The average molecular weight is 420 g/mol. The molecule has 3 aromatic rings. The van der Waals surface area contributed by atoms with Crippen molar-refractivity contribution in [1.29, 1.82) is 0 Å². The minimum absolute atomic E-state index is 0.0339. The molecule has 1 fully saturated rings. The molecule has 0 unspecified atom stereocenters. The Morgan fingerprint density at radius 1 is 1.28 bits per heavy atom. The maximum absolute atomic E-state index is 14.1. The van der Waals surface area contributed by atoms with E-state index in [-0.39, 0.29) is 36.1 Å². The molecule has 0 aliphatic carbocycles. The van der Waals surface area contributed by atoms with Gasteiger partial charge in [-0.05, 0) is 37.1 Å². The molecule has 5 nitrogen and oxygen atoms in total. The number of aromatic nitrogens is 2. The maximum atomic E-state index is 14.1. The highest BCUT2D eigenvalue weighted by Gasteiger charge is 2.44. The molecule has 152 valence electrons. The standard InChI is InChI=1S/C21H20ClF2N3O2/c1-3-21(24)11-26(12-21)18(28)10-25-9-13(2)27-7-6-15(19(27)20(25)29)14-4-5-17(23)16(22)8-14/h4-9H,3,10-12H2,1-2H3. The van der Waals surface area contributed by atoms with E-state index in [1.807, 2.05) is 6.92 Å². The fourth-order valence-electron chi connectivity index (χ4n) is 3.72. The summed E-state index contributed by atoms with van der Waals surface area (Å²) in [6.45, 7) is 3.53. The van der Waals surface area contributed by atoms with Crippen LogP contribution < -0.4 is 5.56 Å². The number of aryl methyl sites for hydroxylation is 1. The Balaban J connectivity index is 1.71. The van der Waals surface area contributed by atoms with Crippen LogP contribution in [0.5, 0.6) is 0 Å². The number of benzene rings is 1. The highest BCUT2D eigenvalue weighted by molar-refractivity contribution is 6.31. The number of hydrogen-bond donors (Lipinski definition) is 0. The predicted octanol–water partition coefficient (Wildman–Crippen LogP) is 3.83. The Labute approximate surface area is 171 Å². The first-order valence-electron chi connectivity index (χ1n) is 9.35. The first-order chi connectivity index (χ1) is 13.7. The number of amides is 1. The normalized spacial score (nSPS) is 15.6. The summed E-state index contributed by atoms with van der Waals surface area (Å²) in [4.78, 5) is 27.1. The van der Waals surface area contributed by atoms with Gasteiger partial charge in [-0.25, -0.2) is 8.78 Å². The van der Waals surface area contributed by atoms with E-state index in [1.54, 1.807) is 35.9 Å². The molecule has 0 atom stereocenters. The van der Waals surface area contributed by atoms with E-state index >= 15 is 0 Å². The molecule has 4 rings (SSSR count). The highest BCUT2D eigenvalue weighted by Crippen LogP contribution is 2.30. The van der Waals surface area contributed by atoms with E-state index in [2.05, 4.69) is 0 Å². The third-order valence-corrected chi connectivity index (χ3v) is 5.83. The fraction of sp³-hybridized carbons (Fsp3) is 0.333. The quantitative estimate of drug-likeness (QED) is 0.645. The summed E-state index contributed by atoms with van der Waals surface area (Å²) < 4.78 is 30.7. The number of rotatable bonds is 4. The lowest BCUT2D eigenvalue weighted by molar-refractivity contribution is -0.146. The van der Waals surface area contributed by atoms with Gasteiger partial charge in [0.1, 0.15) is 23.5 Å². The summed E-state index contributed by atoms with van der Waals surface area (Å²) >= 11 is 5.90. The van der Waals surface area contributed by atoms with Crippen LogP contribution in [0.1, 0.15) is 19.0 Å². The predicted molar refractivity (Wildman–Crippen MR) is 108 cm³/mol. The van der Waals surface area contributed by atoms with Crippen LogP contribution in [0.15, 0.2) is 41.5 Å². The Morgan fingerprint density at radius 3 is 2.66 bits per heavy atom. The Hall–Kier alpha value is -2.67. The smallest absolute Gasteiger partial charge is 0.275 e. The first-order valence-corrected chi connectivity index (χ1v) is 9.73. The van der Waals surface area contributed by atoms with Crippen LogP contribution in [0.2, 0.25) is 5.02 Å². The molecule has 0 N–H and O–H groups in total. The van der Waals surface area contributed by atoms with Crippen molar-refractivity contribution in [3.8, 4) is 11.1 Å². The Morgan fingerprint density at radius 2 is 2.00 bits per heavy atom. The van der Waals surface area contributed by atoms with Gasteiger partial charge in [-0.2, -0.15) is 0 Å². The van der Waals surface area contributed by atoms with Crippen molar-refractivity contribution in [2.45, 2.75) is 32.5 Å².